The number of ether oxygens (including phenoxy) is 2. The molecule has 2 amide bonds. The third-order valence-electron chi connectivity index (χ3n) is 10.8. The molecule has 8 nitrogen and oxygen atoms in total. The van der Waals surface area contributed by atoms with Gasteiger partial charge in [0.2, 0.25) is 5.91 Å². The average Bonchev–Trinajstić information content (AvgIpc) is 3.55. The molecule has 0 aromatic heterocycles. The highest BCUT2D eigenvalue weighted by Crippen LogP contribution is 2.60. The van der Waals surface area contributed by atoms with Crippen molar-refractivity contribution in [1.29, 1.82) is 0 Å². The number of methoxy groups -OCH3 is 1. The molecular weight excluding hydrogens is 631 g/mol. The van der Waals surface area contributed by atoms with E-state index in [4.69, 9.17) is 14.6 Å². The van der Waals surface area contributed by atoms with Crippen molar-refractivity contribution >= 4 is 42.2 Å². The van der Waals surface area contributed by atoms with Gasteiger partial charge < -0.3 is 19.5 Å². The van der Waals surface area contributed by atoms with E-state index in [1.54, 1.807) is 7.11 Å². The van der Waals surface area contributed by atoms with Gasteiger partial charge in [0.1, 0.15) is 5.75 Å². The topological polar surface area (TPSA) is 91.7 Å². The third-order valence-corrected chi connectivity index (χ3v) is 15.2. The standard InChI is InChI=1S/C40H43N3O5Si/c1-27-38(49(3,4)32-18-16-31(47-2)17-19-32)36(23-24-44)48-40(27)33-25-30(43-37(45)22-20-34(41-43)29-13-9-6-10-14-29)15-21-35(33)42(39(40)46)26-28-11-7-5-8-12-28/h5-19,21,25,27,36,38,44H,20,22-24,26H2,1-4H3/t27-,36+,38-,40+/m0/s1. The van der Waals surface area contributed by atoms with Crippen LogP contribution in [0.4, 0.5) is 11.4 Å². The van der Waals surface area contributed by atoms with Crippen LogP contribution in [-0.2, 0) is 26.5 Å². The van der Waals surface area contributed by atoms with E-state index in [9.17, 15) is 9.90 Å². The molecular formula is C40H43N3O5Si. The molecule has 0 bridgehead atoms. The van der Waals surface area contributed by atoms with Crippen LogP contribution < -0.4 is 19.8 Å². The van der Waals surface area contributed by atoms with Crippen molar-refractivity contribution in [3.63, 3.8) is 0 Å². The highest BCUT2D eigenvalue weighted by molar-refractivity contribution is 6.91. The molecule has 0 saturated carbocycles. The molecule has 4 atom stereocenters. The van der Waals surface area contributed by atoms with Gasteiger partial charge in [0.05, 0.1) is 44.9 Å². The lowest BCUT2D eigenvalue weighted by Crippen LogP contribution is -2.51. The van der Waals surface area contributed by atoms with Crippen molar-refractivity contribution in [3.05, 3.63) is 120 Å². The zero-order valence-corrected chi connectivity index (χ0v) is 29.5. The predicted octanol–water partition coefficient (Wildman–Crippen LogP) is 6.37. The minimum absolute atomic E-state index is 0.00417. The van der Waals surface area contributed by atoms with E-state index in [0.29, 0.717) is 31.5 Å². The molecule has 3 heterocycles. The van der Waals surface area contributed by atoms with Crippen LogP contribution in [-0.4, -0.2) is 50.5 Å². The van der Waals surface area contributed by atoms with Gasteiger partial charge >= 0.3 is 0 Å². The van der Waals surface area contributed by atoms with E-state index >= 15 is 4.79 Å². The summed E-state index contributed by atoms with van der Waals surface area (Å²) < 4.78 is 12.6. The molecule has 7 rings (SSSR count). The number of hydrazone groups is 1. The fourth-order valence-corrected chi connectivity index (χ4v) is 12.4. The van der Waals surface area contributed by atoms with Gasteiger partial charge in [-0.3, -0.25) is 9.59 Å². The Morgan fingerprint density at radius 3 is 2.31 bits per heavy atom. The first-order valence-electron chi connectivity index (χ1n) is 17.1. The van der Waals surface area contributed by atoms with Gasteiger partial charge in [0, 0.05) is 30.9 Å². The zero-order valence-electron chi connectivity index (χ0n) is 28.5. The second-order valence-corrected chi connectivity index (χ2v) is 18.6. The van der Waals surface area contributed by atoms with Crippen LogP contribution in [0.5, 0.6) is 5.75 Å². The van der Waals surface area contributed by atoms with Gasteiger partial charge in [-0.2, -0.15) is 5.10 Å². The van der Waals surface area contributed by atoms with Crippen LogP contribution in [0, 0.1) is 5.92 Å². The van der Waals surface area contributed by atoms with Gasteiger partial charge in [0.25, 0.3) is 5.91 Å². The smallest absolute Gasteiger partial charge is 0.264 e. The lowest BCUT2D eigenvalue weighted by Gasteiger charge is -2.37. The predicted molar refractivity (Wildman–Crippen MR) is 195 cm³/mol. The summed E-state index contributed by atoms with van der Waals surface area (Å²) in [5.41, 5.74) is 3.67. The Balaban J connectivity index is 1.36. The van der Waals surface area contributed by atoms with Crippen LogP contribution in [0.3, 0.4) is 0 Å². The highest BCUT2D eigenvalue weighted by Gasteiger charge is 2.66. The molecule has 3 aliphatic rings. The number of hydrogen-bond acceptors (Lipinski definition) is 6. The fourth-order valence-electron chi connectivity index (χ4n) is 8.35. The Hall–Kier alpha value is -4.57. The molecule has 4 aromatic rings. The summed E-state index contributed by atoms with van der Waals surface area (Å²) in [6.07, 6.45) is 0.970. The quantitative estimate of drug-likeness (QED) is 0.209. The Morgan fingerprint density at radius 2 is 1.63 bits per heavy atom. The lowest BCUT2D eigenvalue weighted by atomic mass is 9.82. The summed E-state index contributed by atoms with van der Waals surface area (Å²) in [5.74, 6) is 0.362. The first-order valence-corrected chi connectivity index (χ1v) is 20.2. The number of fused-ring (bicyclic) bond motifs is 2. The first kappa shape index (κ1) is 32.9. The van der Waals surface area contributed by atoms with E-state index in [2.05, 4.69) is 32.2 Å². The molecule has 252 valence electrons. The van der Waals surface area contributed by atoms with E-state index in [1.807, 2.05) is 95.9 Å². The number of amides is 2. The minimum atomic E-state index is -2.34. The van der Waals surface area contributed by atoms with Crippen LogP contribution in [0.15, 0.2) is 108 Å². The van der Waals surface area contributed by atoms with Crippen LogP contribution in [0.2, 0.25) is 18.6 Å². The maximum absolute atomic E-state index is 15.1. The number of aliphatic hydroxyl groups is 1. The van der Waals surface area contributed by atoms with Crippen LogP contribution >= 0.6 is 0 Å². The number of hydrogen-bond donors (Lipinski definition) is 1. The van der Waals surface area contributed by atoms with Crippen molar-refractivity contribution < 1.29 is 24.2 Å². The maximum Gasteiger partial charge on any atom is 0.264 e. The number of carbonyl (C=O) groups is 2. The average molecular weight is 674 g/mol. The van der Waals surface area contributed by atoms with E-state index < -0.39 is 13.7 Å². The number of anilines is 2. The van der Waals surface area contributed by atoms with E-state index in [1.165, 1.54) is 10.2 Å². The molecule has 1 fully saturated rings. The second kappa shape index (κ2) is 13.0. The summed E-state index contributed by atoms with van der Waals surface area (Å²) in [6, 6.07) is 33.9. The first-order chi connectivity index (χ1) is 23.7. The molecule has 0 unspecified atom stereocenters. The molecule has 49 heavy (non-hydrogen) atoms. The van der Waals surface area contributed by atoms with Crippen molar-refractivity contribution in [3.8, 4) is 5.75 Å². The summed E-state index contributed by atoms with van der Waals surface area (Å²) in [7, 11) is -0.676. The number of aliphatic hydroxyl groups excluding tert-OH is 1. The van der Waals surface area contributed by atoms with Gasteiger partial charge in [-0.05, 0) is 53.4 Å². The maximum atomic E-state index is 15.1. The molecule has 9 heteroatoms. The van der Waals surface area contributed by atoms with E-state index in [-0.39, 0.29) is 36.0 Å². The molecule has 1 N–H and O–H groups in total. The Bertz CT molecular complexity index is 1880. The van der Waals surface area contributed by atoms with Crippen LogP contribution in [0.25, 0.3) is 0 Å². The summed E-state index contributed by atoms with van der Waals surface area (Å²) >= 11 is 0. The summed E-state index contributed by atoms with van der Waals surface area (Å²) in [5, 5.41) is 17.9. The van der Waals surface area contributed by atoms with Crippen molar-refractivity contribution in [2.75, 3.05) is 23.6 Å². The molecule has 1 spiro atoms. The fraction of sp³-hybridized carbons (Fsp3) is 0.325. The third kappa shape index (κ3) is 5.59. The van der Waals surface area contributed by atoms with Crippen molar-refractivity contribution in [1.82, 2.24) is 0 Å². The van der Waals surface area contributed by atoms with Gasteiger partial charge in [-0.15, -0.1) is 0 Å². The molecule has 3 aliphatic heterocycles. The van der Waals surface area contributed by atoms with Gasteiger partial charge in [-0.25, -0.2) is 5.01 Å². The number of rotatable bonds is 9. The SMILES string of the molecule is COc1ccc([Si](C)(C)[C@@H]2[C@@H](CCO)O[C@]3(C(=O)N(Cc4ccccc4)c4ccc(N5N=C(c6ccccc6)CCC5=O)cc43)[C@H]2C)cc1. The normalized spacial score (nSPS) is 23.6. The van der Waals surface area contributed by atoms with Gasteiger partial charge in [-0.1, -0.05) is 98.0 Å². The molecule has 0 aliphatic carbocycles. The monoisotopic (exact) mass is 673 g/mol. The van der Waals surface area contributed by atoms with Crippen LogP contribution in [0.1, 0.15) is 42.9 Å². The Kier molecular flexibility index (Phi) is 8.77. The second-order valence-electron chi connectivity index (χ2n) is 13.9. The summed E-state index contributed by atoms with van der Waals surface area (Å²) in [4.78, 5) is 30.3. The summed E-state index contributed by atoms with van der Waals surface area (Å²) in [6.45, 7) is 7.13. The molecule has 4 aromatic carbocycles. The Morgan fingerprint density at radius 1 is 0.939 bits per heavy atom. The molecule has 1 saturated heterocycles. The van der Waals surface area contributed by atoms with E-state index in [0.717, 1.165) is 33.8 Å². The van der Waals surface area contributed by atoms with Crippen molar-refractivity contribution in [2.24, 2.45) is 11.0 Å². The van der Waals surface area contributed by atoms with Gasteiger partial charge in [0.15, 0.2) is 5.60 Å². The zero-order chi connectivity index (χ0) is 34.3. The number of nitrogens with zero attached hydrogens (tertiary/aromatic N) is 3. The Labute approximate surface area is 289 Å². The van der Waals surface area contributed by atoms with Crippen molar-refractivity contribution in [2.45, 2.75) is 63.1 Å². The minimum Gasteiger partial charge on any atom is -0.497 e. The number of benzene rings is 4. The molecule has 0 radical (unpaired) electrons. The highest BCUT2D eigenvalue weighted by atomic mass is 28.3. The lowest BCUT2D eigenvalue weighted by molar-refractivity contribution is -0.146. The number of carbonyl (C=O) groups excluding carboxylic acids is 2. The largest absolute Gasteiger partial charge is 0.497 e.